The summed E-state index contributed by atoms with van der Waals surface area (Å²) in [6, 6.07) is 3.93. The Bertz CT molecular complexity index is 562. The molecule has 2 amide bonds. The molecule has 0 saturated carbocycles. The van der Waals surface area contributed by atoms with Gasteiger partial charge in [-0.3, -0.25) is 4.90 Å². The number of phenols is 1. The number of carboxylic acid groups (broad SMARTS) is 1. The molecule has 0 heterocycles. The van der Waals surface area contributed by atoms with Gasteiger partial charge in [-0.15, -0.1) is 0 Å². The summed E-state index contributed by atoms with van der Waals surface area (Å²) in [6.45, 7) is 0.351. The van der Waals surface area contributed by atoms with Crippen LogP contribution in [0.2, 0.25) is 0 Å². The minimum Gasteiger partial charge on any atom is -0.508 e. The number of alkyl halides is 3. The van der Waals surface area contributed by atoms with Crippen LogP contribution >= 0.6 is 0 Å². The van der Waals surface area contributed by atoms with Crippen molar-refractivity contribution in [2.24, 2.45) is 0 Å². The van der Waals surface area contributed by atoms with E-state index in [1.807, 2.05) is 0 Å². The van der Waals surface area contributed by atoms with Crippen LogP contribution in [0.5, 0.6) is 5.75 Å². The van der Waals surface area contributed by atoms with Gasteiger partial charge in [-0.25, -0.2) is 9.59 Å². The van der Waals surface area contributed by atoms with E-state index < -0.39 is 23.7 Å². The third kappa shape index (κ3) is 3.36. The summed E-state index contributed by atoms with van der Waals surface area (Å²) in [4.78, 5) is 23.4. The van der Waals surface area contributed by atoms with E-state index in [1.54, 1.807) is 0 Å². The highest BCUT2D eigenvalue weighted by Gasteiger charge is 2.58. The van der Waals surface area contributed by atoms with Crippen molar-refractivity contribution in [1.82, 2.24) is 5.32 Å². The summed E-state index contributed by atoms with van der Waals surface area (Å²) < 4.78 is 38.4. The Kier molecular flexibility index (Phi) is 4.35. The maximum Gasteiger partial charge on any atom is 0.422 e. The summed E-state index contributed by atoms with van der Waals surface area (Å²) in [5.74, 6) is -2.42. The lowest BCUT2D eigenvalue weighted by Gasteiger charge is -2.30. The van der Waals surface area contributed by atoms with Crippen LogP contribution in [0.4, 0.5) is 23.7 Å². The van der Waals surface area contributed by atoms with Crippen LogP contribution in [0.15, 0.2) is 24.3 Å². The van der Waals surface area contributed by atoms with Gasteiger partial charge in [-0.2, -0.15) is 13.2 Å². The first-order chi connectivity index (χ1) is 9.49. The minimum atomic E-state index is -5.17. The molecular weight excluding hydrogens is 293 g/mol. The summed E-state index contributed by atoms with van der Waals surface area (Å²) in [5, 5.41) is 19.4. The molecule has 116 valence electrons. The van der Waals surface area contributed by atoms with E-state index in [1.165, 1.54) is 23.5 Å². The van der Waals surface area contributed by atoms with Gasteiger partial charge in [0.2, 0.25) is 5.54 Å². The van der Waals surface area contributed by atoms with Crippen LogP contribution in [-0.4, -0.2) is 41.0 Å². The first-order valence-corrected chi connectivity index (χ1v) is 5.64. The van der Waals surface area contributed by atoms with Crippen molar-refractivity contribution >= 4 is 17.7 Å². The molecule has 1 aromatic carbocycles. The molecule has 0 bridgehead atoms. The Morgan fingerprint density at radius 1 is 1.29 bits per heavy atom. The molecule has 0 radical (unpaired) electrons. The van der Waals surface area contributed by atoms with Gasteiger partial charge in [0, 0.05) is 18.8 Å². The van der Waals surface area contributed by atoms with Crippen LogP contribution in [0.25, 0.3) is 0 Å². The normalized spacial score (nSPS) is 14.1. The highest BCUT2D eigenvalue weighted by Crippen LogP contribution is 2.31. The molecule has 0 fully saturated rings. The molecule has 0 aromatic heterocycles. The molecule has 1 unspecified atom stereocenters. The number of hydrogen-bond donors (Lipinski definition) is 3. The fourth-order valence-corrected chi connectivity index (χ4v) is 1.36. The first kappa shape index (κ1) is 16.6. The highest BCUT2D eigenvalue weighted by molar-refractivity contribution is 5.95. The number of urea groups is 1. The number of aliphatic carboxylic acids is 1. The van der Waals surface area contributed by atoms with Crippen molar-refractivity contribution in [1.29, 1.82) is 0 Å². The molecule has 21 heavy (non-hydrogen) atoms. The number of nitrogens with zero attached hydrogens (tertiary/aromatic N) is 1. The zero-order valence-corrected chi connectivity index (χ0v) is 11.1. The summed E-state index contributed by atoms with van der Waals surface area (Å²) in [5.41, 5.74) is -3.32. The number of carbonyl (C=O) groups excluding carboxylic acids is 1. The number of phenolic OH excluding ortho intramolecular Hbond substituents is 1. The fourth-order valence-electron chi connectivity index (χ4n) is 1.36. The predicted octanol–water partition coefficient (Wildman–Crippen LogP) is 1.94. The number of anilines is 1. The maximum absolute atomic E-state index is 12.8. The molecule has 0 spiro atoms. The second kappa shape index (κ2) is 5.51. The molecule has 0 aliphatic heterocycles. The molecule has 0 aliphatic rings. The molecule has 1 rings (SSSR count). The molecule has 1 aromatic rings. The Balaban J connectivity index is 3.01. The van der Waals surface area contributed by atoms with Crippen molar-refractivity contribution in [3.05, 3.63) is 24.3 Å². The molecule has 9 heteroatoms. The SMILES string of the molecule is CN(C(=O)NC(C)(C(=O)O)C(F)(F)F)c1cccc(O)c1. The monoisotopic (exact) mass is 306 g/mol. The van der Waals surface area contributed by atoms with Gasteiger partial charge in [0.1, 0.15) is 5.75 Å². The Morgan fingerprint density at radius 3 is 2.29 bits per heavy atom. The number of aromatic hydroxyl groups is 1. The van der Waals surface area contributed by atoms with Gasteiger partial charge >= 0.3 is 18.2 Å². The zero-order valence-electron chi connectivity index (χ0n) is 11.1. The summed E-state index contributed by atoms with van der Waals surface area (Å²) in [7, 11) is 1.14. The van der Waals surface area contributed by atoms with E-state index in [9.17, 15) is 27.9 Å². The van der Waals surface area contributed by atoms with Crippen LogP contribution in [-0.2, 0) is 4.79 Å². The van der Waals surface area contributed by atoms with E-state index in [0.717, 1.165) is 18.0 Å². The quantitative estimate of drug-likeness (QED) is 0.796. The van der Waals surface area contributed by atoms with Gasteiger partial charge in [-0.05, 0) is 19.1 Å². The maximum atomic E-state index is 12.8. The van der Waals surface area contributed by atoms with Gasteiger partial charge in [0.15, 0.2) is 0 Å². The second-order valence-electron chi connectivity index (χ2n) is 4.44. The van der Waals surface area contributed by atoms with Crippen molar-refractivity contribution in [3.63, 3.8) is 0 Å². The minimum absolute atomic E-state index is 0.0995. The largest absolute Gasteiger partial charge is 0.508 e. The van der Waals surface area contributed by atoms with E-state index in [0.29, 0.717) is 6.92 Å². The first-order valence-electron chi connectivity index (χ1n) is 5.64. The number of amides is 2. The summed E-state index contributed by atoms with van der Waals surface area (Å²) in [6.07, 6.45) is -5.17. The third-order valence-electron chi connectivity index (χ3n) is 2.87. The van der Waals surface area contributed by atoms with Crippen LogP contribution < -0.4 is 10.2 Å². The number of carboxylic acids is 1. The Labute approximate surface area is 117 Å². The number of nitrogens with one attached hydrogen (secondary N) is 1. The second-order valence-corrected chi connectivity index (χ2v) is 4.44. The average molecular weight is 306 g/mol. The lowest BCUT2D eigenvalue weighted by atomic mass is 10.0. The van der Waals surface area contributed by atoms with Crippen molar-refractivity contribution in [2.45, 2.75) is 18.6 Å². The molecule has 3 N–H and O–H groups in total. The smallest absolute Gasteiger partial charge is 0.422 e. The Hall–Kier alpha value is -2.45. The third-order valence-corrected chi connectivity index (χ3v) is 2.87. The highest BCUT2D eigenvalue weighted by atomic mass is 19.4. The van der Waals surface area contributed by atoms with Gasteiger partial charge < -0.3 is 15.5 Å². The number of benzene rings is 1. The fraction of sp³-hybridized carbons (Fsp3) is 0.333. The number of halogens is 3. The number of hydrogen-bond acceptors (Lipinski definition) is 3. The number of rotatable bonds is 3. The van der Waals surface area contributed by atoms with Gasteiger partial charge in [0.05, 0.1) is 0 Å². The number of carbonyl (C=O) groups is 2. The summed E-state index contributed by atoms with van der Waals surface area (Å²) >= 11 is 0. The lowest BCUT2D eigenvalue weighted by Crippen LogP contribution is -2.63. The molecule has 0 saturated heterocycles. The van der Waals surface area contributed by atoms with Crippen molar-refractivity contribution in [2.75, 3.05) is 11.9 Å². The molecule has 1 atom stereocenters. The topological polar surface area (TPSA) is 89.9 Å². The van der Waals surface area contributed by atoms with E-state index >= 15 is 0 Å². The van der Waals surface area contributed by atoms with Crippen molar-refractivity contribution in [3.8, 4) is 5.75 Å². The standard InChI is InChI=1S/C12H13F3N2O4/c1-11(9(19)20,12(13,14)15)16-10(21)17(2)7-4-3-5-8(18)6-7/h3-6,18H,1-2H3,(H,16,21)(H,19,20). The van der Waals surface area contributed by atoms with E-state index in [2.05, 4.69) is 0 Å². The van der Waals surface area contributed by atoms with E-state index in [-0.39, 0.29) is 11.4 Å². The van der Waals surface area contributed by atoms with Crippen LogP contribution in [0, 0.1) is 0 Å². The lowest BCUT2D eigenvalue weighted by molar-refractivity contribution is -0.203. The molecule has 0 aliphatic carbocycles. The van der Waals surface area contributed by atoms with Crippen LogP contribution in [0.1, 0.15) is 6.92 Å². The van der Waals surface area contributed by atoms with Gasteiger partial charge in [0.25, 0.3) is 0 Å². The van der Waals surface area contributed by atoms with Crippen molar-refractivity contribution < 1.29 is 33.0 Å². The predicted molar refractivity (Wildman–Crippen MR) is 67.1 cm³/mol. The van der Waals surface area contributed by atoms with E-state index in [4.69, 9.17) is 5.11 Å². The van der Waals surface area contributed by atoms with Crippen LogP contribution in [0.3, 0.4) is 0 Å². The molecule has 6 nitrogen and oxygen atoms in total. The van der Waals surface area contributed by atoms with Gasteiger partial charge in [-0.1, -0.05) is 6.07 Å². The average Bonchev–Trinajstić information content (AvgIpc) is 2.36. The zero-order chi connectivity index (χ0) is 16.4. The molecular formula is C12H13F3N2O4. The Morgan fingerprint density at radius 2 is 1.86 bits per heavy atom.